The van der Waals surface area contributed by atoms with Gasteiger partial charge in [-0.1, -0.05) is 180 Å². The summed E-state index contributed by atoms with van der Waals surface area (Å²) in [6.45, 7) is 2.81. The van der Waals surface area contributed by atoms with E-state index < -0.39 is 51.1 Å². The molecule has 56 heavy (non-hydrogen) atoms. The molecule has 12 heteroatoms. The summed E-state index contributed by atoms with van der Waals surface area (Å²) >= 11 is 0. The Morgan fingerprint density at radius 2 is 0.893 bits per heavy atom. The Bertz CT molecular complexity index is 1010. The molecule has 0 saturated heterocycles. The second kappa shape index (κ2) is 40.0. The number of rotatable bonds is 43. The first-order valence-corrected chi connectivity index (χ1v) is 24.2. The molecule has 3 atom stereocenters. The van der Waals surface area contributed by atoms with E-state index in [9.17, 15) is 23.8 Å². The molecule has 0 spiro atoms. The molecule has 0 saturated carbocycles. The van der Waals surface area contributed by atoms with Gasteiger partial charge in [-0.3, -0.25) is 23.4 Å². The molecule has 0 fully saturated rings. The fraction of sp³-hybridized carbons (Fsp3) is 0.886. The zero-order chi connectivity index (χ0) is 41.4. The summed E-state index contributed by atoms with van der Waals surface area (Å²) < 4.78 is 32.7. The van der Waals surface area contributed by atoms with Crippen molar-refractivity contribution in [1.82, 2.24) is 0 Å². The van der Waals surface area contributed by atoms with Crippen molar-refractivity contribution in [2.45, 2.75) is 231 Å². The maximum atomic E-state index is 12.6. The Morgan fingerprint density at radius 3 is 1.34 bits per heavy atom. The molecule has 0 radical (unpaired) electrons. The Kier molecular flexibility index (Phi) is 38.7. The van der Waals surface area contributed by atoms with Crippen molar-refractivity contribution in [2.24, 2.45) is 5.73 Å². The first-order chi connectivity index (χ1) is 27.1. The van der Waals surface area contributed by atoms with E-state index in [0.717, 1.165) is 38.5 Å². The molecule has 11 nitrogen and oxygen atoms in total. The lowest BCUT2D eigenvalue weighted by Gasteiger charge is -2.20. The Morgan fingerprint density at radius 1 is 0.536 bits per heavy atom. The standard InChI is InChI=1S/C44H84NO10P/c1-3-5-7-9-11-13-15-17-19-20-22-24-26-28-30-32-34-36-43(47)55-40(38-53-56(50,51)54-39-41(45)44(48)49)37-52-42(46)35-33-31-29-27-25-23-21-18-16-14-12-10-8-6-4-2/h25,27,40-41H,3-24,26,28-39,45H2,1-2H3,(H,48,49)(H,50,51)/b27-25+/t40-,41+/m1/s1. The fourth-order valence-electron chi connectivity index (χ4n) is 6.41. The van der Waals surface area contributed by atoms with Crippen molar-refractivity contribution in [1.29, 1.82) is 0 Å². The topological polar surface area (TPSA) is 172 Å². The highest BCUT2D eigenvalue weighted by Crippen LogP contribution is 2.43. The molecule has 0 aliphatic heterocycles. The van der Waals surface area contributed by atoms with Gasteiger partial charge in [-0.15, -0.1) is 0 Å². The average Bonchev–Trinajstić information content (AvgIpc) is 3.17. The Hall–Kier alpha value is -1.78. The summed E-state index contributed by atoms with van der Waals surface area (Å²) in [5.41, 5.74) is 5.33. The van der Waals surface area contributed by atoms with Gasteiger partial charge in [0.2, 0.25) is 0 Å². The van der Waals surface area contributed by atoms with Gasteiger partial charge in [-0.05, 0) is 38.5 Å². The van der Waals surface area contributed by atoms with Gasteiger partial charge in [0, 0.05) is 12.8 Å². The van der Waals surface area contributed by atoms with E-state index in [1.54, 1.807) is 0 Å². The van der Waals surface area contributed by atoms with E-state index in [4.69, 9.17) is 24.8 Å². The van der Waals surface area contributed by atoms with E-state index in [-0.39, 0.29) is 19.4 Å². The number of hydrogen-bond donors (Lipinski definition) is 3. The Labute approximate surface area is 341 Å². The number of phosphoric acid groups is 1. The van der Waals surface area contributed by atoms with Crippen molar-refractivity contribution < 1.29 is 47.5 Å². The molecule has 0 aromatic rings. The van der Waals surface area contributed by atoms with E-state index >= 15 is 0 Å². The number of carbonyl (C=O) groups excluding carboxylic acids is 2. The second-order valence-electron chi connectivity index (χ2n) is 15.5. The van der Waals surface area contributed by atoms with Crippen LogP contribution in [0.25, 0.3) is 0 Å². The summed E-state index contributed by atoms with van der Waals surface area (Å²) in [7, 11) is -4.71. The van der Waals surface area contributed by atoms with Crippen molar-refractivity contribution in [2.75, 3.05) is 19.8 Å². The number of carboxylic acids is 1. The minimum Gasteiger partial charge on any atom is -0.480 e. The van der Waals surface area contributed by atoms with E-state index in [0.29, 0.717) is 12.8 Å². The number of aliphatic carboxylic acids is 1. The lowest BCUT2D eigenvalue weighted by atomic mass is 10.0. The number of hydrogen-bond acceptors (Lipinski definition) is 9. The smallest absolute Gasteiger partial charge is 0.472 e. The number of unbranched alkanes of at least 4 members (excludes halogenated alkanes) is 27. The summed E-state index contributed by atoms with van der Waals surface area (Å²) in [4.78, 5) is 46.0. The van der Waals surface area contributed by atoms with E-state index in [2.05, 4.69) is 30.5 Å². The van der Waals surface area contributed by atoms with Gasteiger partial charge >= 0.3 is 25.7 Å². The van der Waals surface area contributed by atoms with Crippen LogP contribution >= 0.6 is 7.82 Å². The average molecular weight is 818 g/mol. The highest BCUT2D eigenvalue weighted by molar-refractivity contribution is 7.47. The predicted octanol–water partition coefficient (Wildman–Crippen LogP) is 12.1. The molecule has 0 aliphatic carbocycles. The molecule has 330 valence electrons. The monoisotopic (exact) mass is 818 g/mol. The van der Waals surface area contributed by atoms with Gasteiger partial charge in [0.05, 0.1) is 13.2 Å². The minimum atomic E-state index is -4.71. The lowest BCUT2D eigenvalue weighted by molar-refractivity contribution is -0.161. The largest absolute Gasteiger partial charge is 0.480 e. The lowest BCUT2D eigenvalue weighted by Crippen LogP contribution is -2.34. The fourth-order valence-corrected chi connectivity index (χ4v) is 7.19. The van der Waals surface area contributed by atoms with Crippen LogP contribution in [0.2, 0.25) is 0 Å². The van der Waals surface area contributed by atoms with Crippen LogP contribution in [-0.4, -0.2) is 59.9 Å². The zero-order valence-corrected chi connectivity index (χ0v) is 36.6. The van der Waals surface area contributed by atoms with Crippen LogP contribution in [0.5, 0.6) is 0 Å². The molecular formula is C44H84NO10P. The number of esters is 2. The van der Waals surface area contributed by atoms with Crippen LogP contribution in [0.4, 0.5) is 0 Å². The highest BCUT2D eigenvalue weighted by Gasteiger charge is 2.28. The van der Waals surface area contributed by atoms with Crippen molar-refractivity contribution >= 4 is 25.7 Å². The molecule has 0 amide bonds. The third kappa shape index (κ3) is 39.1. The van der Waals surface area contributed by atoms with Gasteiger partial charge in [0.1, 0.15) is 12.6 Å². The van der Waals surface area contributed by atoms with Gasteiger partial charge in [0.25, 0.3) is 0 Å². The van der Waals surface area contributed by atoms with Gasteiger partial charge in [-0.25, -0.2) is 4.57 Å². The summed E-state index contributed by atoms with van der Waals surface area (Å²) in [5, 5.41) is 8.89. The number of carboxylic acid groups (broad SMARTS) is 1. The van der Waals surface area contributed by atoms with Crippen LogP contribution < -0.4 is 5.73 Å². The molecule has 0 bridgehead atoms. The third-order valence-corrected chi connectivity index (χ3v) is 11.0. The Balaban J connectivity index is 4.33. The zero-order valence-electron chi connectivity index (χ0n) is 35.7. The highest BCUT2D eigenvalue weighted by atomic mass is 31.2. The summed E-state index contributed by atoms with van der Waals surface area (Å²) in [6, 6.07) is -1.52. The van der Waals surface area contributed by atoms with Gasteiger partial charge < -0.3 is 25.2 Å². The van der Waals surface area contributed by atoms with Crippen LogP contribution in [0.3, 0.4) is 0 Å². The number of allylic oxidation sites excluding steroid dienone is 2. The normalized spacial score (nSPS) is 13.8. The quantitative estimate of drug-likeness (QED) is 0.0231. The predicted molar refractivity (Wildman–Crippen MR) is 226 cm³/mol. The van der Waals surface area contributed by atoms with Gasteiger partial charge in [-0.2, -0.15) is 0 Å². The molecule has 0 aromatic carbocycles. The molecule has 4 N–H and O–H groups in total. The number of carbonyl (C=O) groups is 3. The molecule has 0 heterocycles. The molecule has 1 unspecified atom stereocenters. The first-order valence-electron chi connectivity index (χ1n) is 22.7. The van der Waals surface area contributed by atoms with Crippen molar-refractivity contribution in [3.63, 3.8) is 0 Å². The number of ether oxygens (including phenoxy) is 2. The minimum absolute atomic E-state index is 0.163. The molecular weight excluding hydrogens is 733 g/mol. The number of phosphoric ester groups is 1. The first kappa shape index (κ1) is 54.2. The SMILES string of the molecule is CCCCCCCCCCC/C=C/CCCCC(=O)OC[C@H](COP(=O)(O)OC[C@H](N)C(=O)O)OC(=O)CCCCCCCCCCCCCCCCCCC. The van der Waals surface area contributed by atoms with E-state index in [1.807, 2.05) is 0 Å². The maximum Gasteiger partial charge on any atom is 0.472 e. The van der Waals surface area contributed by atoms with Crippen molar-refractivity contribution in [3.8, 4) is 0 Å². The maximum absolute atomic E-state index is 12.6. The molecule has 0 rings (SSSR count). The van der Waals surface area contributed by atoms with Crippen LogP contribution in [0, 0.1) is 0 Å². The number of nitrogens with two attached hydrogens (primary N) is 1. The van der Waals surface area contributed by atoms with Crippen LogP contribution in [-0.2, 0) is 37.5 Å². The van der Waals surface area contributed by atoms with Gasteiger partial charge in [0.15, 0.2) is 6.10 Å². The summed E-state index contributed by atoms with van der Waals surface area (Å²) in [5.74, 6) is -2.39. The molecule has 0 aliphatic rings. The van der Waals surface area contributed by atoms with Crippen molar-refractivity contribution in [3.05, 3.63) is 12.2 Å². The second-order valence-corrected chi connectivity index (χ2v) is 17.0. The van der Waals surface area contributed by atoms with Crippen LogP contribution in [0.1, 0.15) is 219 Å². The molecule has 0 aromatic heterocycles. The summed E-state index contributed by atoms with van der Waals surface area (Å²) in [6.07, 6.45) is 39.9. The van der Waals surface area contributed by atoms with E-state index in [1.165, 1.54) is 141 Å². The third-order valence-electron chi connectivity index (χ3n) is 10.0. The van der Waals surface area contributed by atoms with Crippen LogP contribution in [0.15, 0.2) is 12.2 Å².